The number of rotatable bonds is 20. The molecule has 2 aliphatic heterocycles. The number of anilines is 3. The molecule has 0 bridgehead atoms. The first kappa shape index (κ1) is 50.2. The van der Waals surface area contributed by atoms with E-state index in [9.17, 15) is 29.1 Å². The number of carbonyl (C=O) groups excluding carboxylic acids is 4. The summed E-state index contributed by atoms with van der Waals surface area (Å²) in [5.41, 5.74) is 7.56. The molecule has 3 atom stereocenters. The second-order valence-corrected chi connectivity index (χ2v) is 20.5. The highest BCUT2D eigenvalue weighted by Gasteiger charge is 2.40. The fraction of sp³-hybridized carbons (Fsp3) is 0.358. The fourth-order valence-electron chi connectivity index (χ4n) is 9.84. The van der Waals surface area contributed by atoms with Crippen molar-refractivity contribution in [1.82, 2.24) is 14.6 Å². The number of likely N-dealkylation sites (N-methyl/N-ethyl adjacent to an activating group) is 2. The van der Waals surface area contributed by atoms with Crippen molar-refractivity contribution >= 4 is 105 Å². The summed E-state index contributed by atoms with van der Waals surface area (Å²) in [6, 6.07) is 24.0. The molecule has 366 valence electrons. The number of thiophene rings is 1. The second-order valence-electron chi connectivity index (χ2n) is 18.1. The molecule has 70 heavy (non-hydrogen) atoms. The Labute approximate surface area is 420 Å². The van der Waals surface area contributed by atoms with E-state index in [-0.39, 0.29) is 52.1 Å². The van der Waals surface area contributed by atoms with Crippen molar-refractivity contribution in [3.63, 3.8) is 0 Å². The van der Waals surface area contributed by atoms with Crippen LogP contribution in [0.2, 0.25) is 5.02 Å². The first-order chi connectivity index (χ1) is 33.8. The molecule has 0 radical (unpaired) electrons. The molecule has 17 heteroatoms. The molecule has 1 amide bonds. The molecule has 3 N–H and O–H groups in total. The van der Waals surface area contributed by atoms with Crippen LogP contribution in [0.1, 0.15) is 89.4 Å². The van der Waals surface area contributed by atoms with Gasteiger partial charge in [0.15, 0.2) is 28.8 Å². The Morgan fingerprint density at radius 1 is 1.07 bits per heavy atom. The van der Waals surface area contributed by atoms with Gasteiger partial charge < -0.3 is 39.5 Å². The second kappa shape index (κ2) is 21.8. The van der Waals surface area contributed by atoms with Gasteiger partial charge in [-0.1, -0.05) is 78.2 Å². The van der Waals surface area contributed by atoms with Gasteiger partial charge in [0.25, 0.3) is 6.01 Å². The maximum atomic E-state index is 12.9. The summed E-state index contributed by atoms with van der Waals surface area (Å²) < 4.78 is 14.2. The van der Waals surface area contributed by atoms with Gasteiger partial charge in [-0.15, -0.1) is 11.3 Å². The van der Waals surface area contributed by atoms with Crippen molar-refractivity contribution in [1.29, 1.82) is 0 Å². The number of hydrogen-bond donors (Lipinski definition) is 3. The Morgan fingerprint density at radius 3 is 2.57 bits per heavy atom. The molecule has 0 saturated carbocycles. The van der Waals surface area contributed by atoms with E-state index in [0.717, 1.165) is 130 Å². The minimum atomic E-state index is -1.17. The molecular formula is C53H57ClN6O8S2. The van der Waals surface area contributed by atoms with Crippen LogP contribution in [0.25, 0.3) is 32.3 Å². The normalized spacial score (nSPS) is 18.1. The highest BCUT2D eigenvalue weighted by Crippen LogP contribution is 2.47. The number of aldehydes is 3. The van der Waals surface area contributed by atoms with Crippen molar-refractivity contribution in [2.24, 2.45) is 0 Å². The third-order valence-electron chi connectivity index (χ3n) is 13.8. The van der Waals surface area contributed by atoms with Crippen LogP contribution in [0.5, 0.6) is 5.75 Å². The Hall–Kier alpha value is -6.20. The Kier molecular flexibility index (Phi) is 15.7. The van der Waals surface area contributed by atoms with Gasteiger partial charge >= 0.3 is 5.97 Å². The standard InChI is InChI=1S/C53H57ClN6O8S2/c1-32(2)53(3)29-38(56-37-11-6-9-35(28-37)48-46(54)47(67-26-25-62)49(70-48)51(65)66)20-23-60(53)69-31-33-14-17-44-41(27-33)57-52(68-44)59-21-18-34(19-22-59)39-15-16-42(45-36(30-63)10-7-12-40(39)45)58(5)43(13-8-24-61)50(64)55-4/h6-7,9-12,14-17,24-25,27-28,30,34,38,43,56H,1,8,13,18-23,26,29,31H2,2-5H3,(H,55,64)(H,65,66). The Balaban J connectivity index is 0.906. The number of amides is 1. The maximum absolute atomic E-state index is 12.9. The topological polar surface area (TPSA) is 175 Å². The largest absolute Gasteiger partial charge is 0.483 e. The summed E-state index contributed by atoms with van der Waals surface area (Å²) in [6.07, 6.45) is 6.26. The molecule has 4 heterocycles. The zero-order valence-corrected chi connectivity index (χ0v) is 42.1. The highest BCUT2D eigenvalue weighted by atomic mass is 35.5. The summed E-state index contributed by atoms with van der Waals surface area (Å²) in [4.78, 5) is 69.1. The number of carboxylic acids is 1. The Morgan fingerprint density at radius 2 is 1.86 bits per heavy atom. The molecule has 6 aromatic rings. The van der Waals surface area contributed by atoms with E-state index >= 15 is 0 Å². The number of ether oxygens (including phenoxy) is 1. The van der Waals surface area contributed by atoms with E-state index in [1.54, 1.807) is 25.1 Å². The molecule has 2 aromatic heterocycles. The number of nitrogens with one attached hydrogen (secondary N) is 2. The lowest BCUT2D eigenvalue weighted by Crippen LogP contribution is -2.52. The van der Waals surface area contributed by atoms with Gasteiger partial charge in [0, 0.05) is 74.3 Å². The van der Waals surface area contributed by atoms with Crippen LogP contribution < -0.4 is 25.2 Å². The van der Waals surface area contributed by atoms with E-state index in [1.165, 1.54) is 0 Å². The molecule has 3 unspecified atom stereocenters. The molecule has 4 aromatic carbocycles. The van der Waals surface area contributed by atoms with Gasteiger partial charge in [0.05, 0.1) is 10.4 Å². The third kappa shape index (κ3) is 10.3. The summed E-state index contributed by atoms with van der Waals surface area (Å²) in [6.45, 7) is 10.8. The molecule has 2 fully saturated rings. The average molecular weight is 1010 g/mol. The fourth-order valence-corrected chi connectivity index (χ4v) is 12.5. The minimum Gasteiger partial charge on any atom is -0.483 e. The predicted molar refractivity (Wildman–Crippen MR) is 280 cm³/mol. The minimum absolute atomic E-state index is 0.000696. The number of aromatic nitrogens is 1. The van der Waals surface area contributed by atoms with Crippen molar-refractivity contribution in [2.75, 3.05) is 55.5 Å². The van der Waals surface area contributed by atoms with Crippen molar-refractivity contribution in [3.05, 3.63) is 112 Å². The summed E-state index contributed by atoms with van der Waals surface area (Å²) in [5.74, 6) is -0.391. The van der Waals surface area contributed by atoms with Crippen LogP contribution >= 0.6 is 34.9 Å². The summed E-state index contributed by atoms with van der Waals surface area (Å²) in [7, 11) is 3.43. The smallest absolute Gasteiger partial charge is 0.349 e. The van der Waals surface area contributed by atoms with Gasteiger partial charge in [0.2, 0.25) is 5.91 Å². The monoisotopic (exact) mass is 1000 g/mol. The van der Waals surface area contributed by atoms with E-state index in [0.29, 0.717) is 29.2 Å². The Bertz CT molecular complexity index is 2950. The number of carbonyl (C=O) groups is 5. The van der Waals surface area contributed by atoms with E-state index in [4.69, 9.17) is 25.7 Å². The van der Waals surface area contributed by atoms with Crippen LogP contribution in [0.15, 0.2) is 89.4 Å². The van der Waals surface area contributed by atoms with Crippen LogP contribution in [0.4, 0.5) is 17.4 Å². The highest BCUT2D eigenvalue weighted by molar-refractivity contribution is 7.96. The predicted octanol–water partition coefficient (Wildman–Crippen LogP) is 10.4. The number of oxazole rings is 1. The summed E-state index contributed by atoms with van der Waals surface area (Å²) >= 11 is 9.43. The molecule has 0 spiro atoms. The first-order valence-corrected chi connectivity index (χ1v) is 25.5. The van der Waals surface area contributed by atoms with Crippen molar-refractivity contribution in [3.8, 4) is 16.2 Å². The summed E-state index contributed by atoms with van der Waals surface area (Å²) in [5, 5.41) is 18.2. The maximum Gasteiger partial charge on any atom is 0.349 e. The van der Waals surface area contributed by atoms with Gasteiger partial charge in [-0.2, -0.15) is 4.98 Å². The lowest BCUT2D eigenvalue weighted by atomic mass is 9.82. The third-order valence-corrected chi connectivity index (χ3v) is 16.8. The van der Waals surface area contributed by atoms with Crippen molar-refractivity contribution < 1.29 is 38.2 Å². The number of nitrogens with zero attached hydrogens (tertiary/aromatic N) is 4. The molecule has 2 aliphatic rings. The number of benzene rings is 4. The van der Waals surface area contributed by atoms with Gasteiger partial charge in [0.1, 0.15) is 29.5 Å². The van der Waals surface area contributed by atoms with Gasteiger partial charge in [-0.25, -0.2) is 9.10 Å². The number of fused-ring (bicyclic) bond motifs is 2. The lowest BCUT2D eigenvalue weighted by molar-refractivity contribution is -0.122. The van der Waals surface area contributed by atoms with Crippen LogP contribution in [0, 0.1) is 0 Å². The van der Waals surface area contributed by atoms with Crippen LogP contribution in [-0.4, -0.2) is 103 Å². The van der Waals surface area contributed by atoms with Gasteiger partial charge in [-0.05, 0) is 104 Å². The first-order valence-electron chi connectivity index (χ1n) is 23.4. The lowest BCUT2D eigenvalue weighted by Gasteiger charge is -2.48. The van der Waals surface area contributed by atoms with Gasteiger partial charge in [-0.3, -0.25) is 14.4 Å². The number of piperidine rings is 2. The molecule has 2 saturated heterocycles. The van der Waals surface area contributed by atoms with Crippen molar-refractivity contribution in [2.45, 2.75) is 81.7 Å². The number of halogens is 1. The average Bonchev–Trinajstić information content (AvgIpc) is 3.95. The molecule has 8 rings (SSSR count). The van der Waals surface area contributed by atoms with E-state index in [2.05, 4.69) is 64.5 Å². The van der Waals surface area contributed by atoms with E-state index in [1.807, 2.05) is 54.4 Å². The molecular weight excluding hydrogens is 948 g/mol. The quantitative estimate of drug-likeness (QED) is 0.0374. The number of aromatic carboxylic acids is 1. The number of hydrogen-bond acceptors (Lipinski definition) is 14. The van der Waals surface area contributed by atoms with Crippen LogP contribution in [0.3, 0.4) is 0 Å². The zero-order valence-electron chi connectivity index (χ0n) is 39.7. The molecule has 0 aliphatic carbocycles. The molecule has 14 nitrogen and oxygen atoms in total. The zero-order chi connectivity index (χ0) is 49.7. The SMILES string of the molecule is C=C(C)C1(C)CC(Nc2cccc(-c3sc(C(=O)O)c(OCC=O)c3Cl)c2)CCN1SCc1ccc2oc(N3CCC(c4ccc(N(C)C(CCC=O)C(=O)NC)c5c(C=O)cccc45)CC3)nc2c1. The van der Waals surface area contributed by atoms with Crippen LogP contribution in [-0.2, 0) is 20.1 Å². The number of carboxylic acid groups (broad SMARTS) is 1. The van der Waals surface area contributed by atoms with E-state index < -0.39 is 12.0 Å².